The van der Waals surface area contributed by atoms with Crippen LogP contribution in [-0.2, 0) is 21.2 Å². The van der Waals surface area contributed by atoms with Crippen molar-refractivity contribution in [2.75, 3.05) is 16.6 Å². The van der Waals surface area contributed by atoms with Gasteiger partial charge in [0.05, 0.1) is 10.6 Å². The smallest absolute Gasteiger partial charge is 0.264 e. The first-order valence-electron chi connectivity index (χ1n) is 9.47. The number of rotatable bonds is 9. The lowest BCUT2D eigenvalue weighted by atomic mass is 10.1. The van der Waals surface area contributed by atoms with Gasteiger partial charge >= 0.3 is 0 Å². The van der Waals surface area contributed by atoms with Crippen LogP contribution in [0.2, 0.25) is 0 Å². The average Bonchev–Trinajstić information content (AvgIpc) is 3.05. The molecule has 9 heteroatoms. The van der Waals surface area contributed by atoms with Crippen molar-refractivity contribution in [2.24, 2.45) is 0 Å². The van der Waals surface area contributed by atoms with E-state index in [2.05, 4.69) is 21.8 Å². The van der Waals surface area contributed by atoms with E-state index >= 15 is 0 Å². The number of aryl methyl sites for hydroxylation is 1. The maximum atomic E-state index is 12.5. The molecule has 2 aromatic carbocycles. The van der Waals surface area contributed by atoms with Gasteiger partial charge in [0.25, 0.3) is 15.9 Å². The lowest BCUT2D eigenvalue weighted by Crippen LogP contribution is -2.20. The van der Waals surface area contributed by atoms with Gasteiger partial charge in [0, 0.05) is 11.3 Å². The number of benzene rings is 2. The summed E-state index contributed by atoms with van der Waals surface area (Å²) in [7, 11) is -3.85. The number of nitrogens with one attached hydrogen (secondary N) is 2. The molecule has 1 amide bonds. The Morgan fingerprint density at radius 2 is 1.87 bits per heavy atom. The molecule has 0 unspecified atom stereocenters. The van der Waals surface area contributed by atoms with E-state index < -0.39 is 10.0 Å². The van der Waals surface area contributed by atoms with Crippen LogP contribution in [0.15, 0.2) is 70.6 Å². The number of allylic oxidation sites excluding steroid dienone is 1. The Labute approximate surface area is 181 Å². The SMILES string of the molecule is C=CCc1ccccc1OCC(=O)Nc1ccc(S(=O)(=O)Nc2onc(C)c2C)cc1. The molecule has 2 N–H and O–H groups in total. The van der Waals surface area contributed by atoms with E-state index in [4.69, 9.17) is 9.26 Å². The van der Waals surface area contributed by atoms with E-state index in [-0.39, 0.29) is 23.3 Å². The molecule has 0 fully saturated rings. The molecule has 0 bridgehead atoms. The Balaban J connectivity index is 1.60. The molecule has 0 aliphatic carbocycles. The molecule has 0 saturated heterocycles. The van der Waals surface area contributed by atoms with Crippen LogP contribution in [0.4, 0.5) is 11.6 Å². The van der Waals surface area contributed by atoms with E-state index in [0.717, 1.165) is 5.56 Å². The lowest BCUT2D eigenvalue weighted by Gasteiger charge is -2.11. The summed E-state index contributed by atoms with van der Waals surface area (Å²) in [5.74, 6) is 0.321. The number of nitrogens with zero attached hydrogens (tertiary/aromatic N) is 1. The largest absolute Gasteiger partial charge is 0.483 e. The Morgan fingerprint density at radius 3 is 2.52 bits per heavy atom. The average molecular weight is 442 g/mol. The zero-order valence-electron chi connectivity index (χ0n) is 17.2. The second kappa shape index (κ2) is 9.48. The number of carbonyl (C=O) groups excluding carboxylic acids is 1. The van der Waals surface area contributed by atoms with Gasteiger partial charge in [-0.2, -0.15) is 0 Å². The van der Waals surface area contributed by atoms with Crippen LogP contribution in [0, 0.1) is 13.8 Å². The second-order valence-electron chi connectivity index (χ2n) is 6.79. The fourth-order valence-corrected chi connectivity index (χ4v) is 3.76. The summed E-state index contributed by atoms with van der Waals surface area (Å²) >= 11 is 0. The van der Waals surface area contributed by atoms with Crippen LogP contribution in [0.5, 0.6) is 5.75 Å². The third-order valence-electron chi connectivity index (χ3n) is 4.53. The molecule has 0 aliphatic rings. The predicted molar refractivity (Wildman–Crippen MR) is 118 cm³/mol. The number of anilines is 2. The summed E-state index contributed by atoms with van der Waals surface area (Å²) in [4.78, 5) is 12.2. The zero-order chi connectivity index (χ0) is 22.4. The first-order valence-corrected chi connectivity index (χ1v) is 11.0. The topological polar surface area (TPSA) is 111 Å². The maximum absolute atomic E-state index is 12.5. The minimum atomic E-state index is -3.85. The Morgan fingerprint density at radius 1 is 1.16 bits per heavy atom. The standard InChI is InChI=1S/C22H23N3O5S/c1-4-7-17-8-5-6-9-20(17)29-14-21(26)23-18-10-12-19(13-11-18)31(27,28)25-22-15(2)16(3)24-30-22/h4-6,8-13,25H,1,7,14H2,2-3H3,(H,23,26). The van der Waals surface area contributed by atoms with Crippen molar-refractivity contribution in [3.63, 3.8) is 0 Å². The molecular weight excluding hydrogens is 418 g/mol. The number of hydrogen-bond donors (Lipinski definition) is 2. The minimum Gasteiger partial charge on any atom is -0.483 e. The van der Waals surface area contributed by atoms with Crippen LogP contribution < -0.4 is 14.8 Å². The van der Waals surface area contributed by atoms with E-state index in [1.54, 1.807) is 26.0 Å². The van der Waals surface area contributed by atoms with E-state index in [1.165, 1.54) is 24.3 Å². The normalized spacial score (nSPS) is 11.0. The quantitative estimate of drug-likeness (QED) is 0.488. The highest BCUT2D eigenvalue weighted by molar-refractivity contribution is 7.92. The monoisotopic (exact) mass is 441 g/mol. The van der Waals surface area contributed by atoms with Gasteiger partial charge in [0.15, 0.2) is 6.61 Å². The molecule has 3 aromatic rings. The lowest BCUT2D eigenvalue weighted by molar-refractivity contribution is -0.118. The highest BCUT2D eigenvalue weighted by atomic mass is 32.2. The third-order valence-corrected chi connectivity index (χ3v) is 5.88. The highest BCUT2D eigenvalue weighted by Gasteiger charge is 2.19. The van der Waals surface area contributed by atoms with Crippen molar-refractivity contribution in [3.8, 4) is 5.75 Å². The van der Waals surface area contributed by atoms with Gasteiger partial charge in [0.2, 0.25) is 5.88 Å². The number of para-hydroxylation sites is 1. The van der Waals surface area contributed by atoms with Gasteiger partial charge in [0.1, 0.15) is 5.75 Å². The van der Waals surface area contributed by atoms with Crippen molar-refractivity contribution in [1.82, 2.24) is 5.16 Å². The number of aromatic nitrogens is 1. The van der Waals surface area contributed by atoms with Crippen molar-refractivity contribution in [3.05, 3.63) is 78.0 Å². The fourth-order valence-electron chi connectivity index (χ4n) is 2.72. The van der Waals surface area contributed by atoms with E-state index in [9.17, 15) is 13.2 Å². The minimum absolute atomic E-state index is 0.0218. The van der Waals surface area contributed by atoms with Crippen LogP contribution in [-0.4, -0.2) is 26.1 Å². The summed E-state index contributed by atoms with van der Waals surface area (Å²) in [6, 6.07) is 13.2. The number of sulfonamides is 1. The van der Waals surface area contributed by atoms with Gasteiger partial charge in [-0.15, -0.1) is 6.58 Å². The first-order chi connectivity index (χ1) is 14.8. The molecule has 1 aromatic heterocycles. The van der Waals surface area contributed by atoms with Crippen molar-refractivity contribution < 1.29 is 22.5 Å². The Bertz CT molecular complexity index is 1180. The third kappa shape index (κ3) is 5.52. The fraction of sp³-hybridized carbons (Fsp3) is 0.182. The number of amides is 1. The van der Waals surface area contributed by atoms with Gasteiger partial charge < -0.3 is 14.6 Å². The van der Waals surface area contributed by atoms with Crippen LogP contribution in [0.25, 0.3) is 0 Å². The summed E-state index contributed by atoms with van der Waals surface area (Å²) in [5, 5.41) is 6.41. The molecule has 8 nitrogen and oxygen atoms in total. The summed E-state index contributed by atoms with van der Waals surface area (Å²) in [5.41, 5.74) is 2.59. The first kappa shape index (κ1) is 22.1. The predicted octanol–water partition coefficient (Wildman–Crippen LogP) is 3.84. The summed E-state index contributed by atoms with van der Waals surface area (Å²) < 4.78 is 38.0. The molecule has 0 aliphatic heterocycles. The molecular formula is C22H23N3O5S. The maximum Gasteiger partial charge on any atom is 0.264 e. The van der Waals surface area contributed by atoms with Gasteiger partial charge in [-0.25, -0.2) is 13.1 Å². The Hall–Kier alpha value is -3.59. The van der Waals surface area contributed by atoms with E-state index in [0.29, 0.717) is 29.1 Å². The molecule has 31 heavy (non-hydrogen) atoms. The van der Waals surface area contributed by atoms with E-state index in [1.807, 2.05) is 18.2 Å². The van der Waals surface area contributed by atoms with Crippen molar-refractivity contribution in [1.29, 1.82) is 0 Å². The Kier molecular flexibility index (Phi) is 6.76. The molecule has 0 radical (unpaired) electrons. The molecule has 0 atom stereocenters. The van der Waals surface area contributed by atoms with Gasteiger partial charge in [-0.05, 0) is 56.2 Å². The number of ether oxygens (including phenoxy) is 1. The molecule has 162 valence electrons. The molecule has 0 saturated carbocycles. The van der Waals surface area contributed by atoms with Crippen LogP contribution in [0.3, 0.4) is 0 Å². The van der Waals surface area contributed by atoms with Crippen LogP contribution in [0.1, 0.15) is 16.8 Å². The zero-order valence-corrected chi connectivity index (χ0v) is 18.0. The van der Waals surface area contributed by atoms with Gasteiger partial charge in [-0.1, -0.05) is 29.4 Å². The number of carbonyl (C=O) groups is 1. The molecule has 0 spiro atoms. The number of hydrogen-bond acceptors (Lipinski definition) is 6. The van der Waals surface area contributed by atoms with Gasteiger partial charge in [-0.3, -0.25) is 4.79 Å². The molecule has 3 rings (SSSR count). The highest BCUT2D eigenvalue weighted by Crippen LogP contribution is 2.23. The van der Waals surface area contributed by atoms with Crippen LogP contribution >= 0.6 is 0 Å². The molecule has 1 heterocycles. The van der Waals surface area contributed by atoms with Crippen molar-refractivity contribution >= 4 is 27.5 Å². The summed E-state index contributed by atoms with van der Waals surface area (Å²) in [6.45, 7) is 6.96. The van der Waals surface area contributed by atoms with Crippen molar-refractivity contribution in [2.45, 2.75) is 25.2 Å². The summed E-state index contributed by atoms with van der Waals surface area (Å²) in [6.07, 6.45) is 2.40. The second-order valence-corrected chi connectivity index (χ2v) is 8.47.